The van der Waals surface area contributed by atoms with E-state index in [1.807, 2.05) is 31.1 Å². The van der Waals surface area contributed by atoms with Crippen molar-refractivity contribution in [1.82, 2.24) is 4.98 Å². The Hall–Kier alpha value is -2.56. The molecule has 5 nitrogen and oxygen atoms in total. The van der Waals surface area contributed by atoms with E-state index < -0.39 is 0 Å². The van der Waals surface area contributed by atoms with Gasteiger partial charge in [-0.15, -0.1) is 0 Å². The number of aryl methyl sites for hydroxylation is 1. The molecule has 1 heterocycles. The van der Waals surface area contributed by atoms with Gasteiger partial charge in [0.2, 0.25) is 0 Å². The largest absolute Gasteiger partial charge is 0.370 e. The molecule has 3 rings (SSSR count). The van der Waals surface area contributed by atoms with Crippen LogP contribution >= 0.6 is 0 Å². The van der Waals surface area contributed by atoms with E-state index in [-0.39, 0.29) is 0 Å². The van der Waals surface area contributed by atoms with Crippen molar-refractivity contribution < 1.29 is 0 Å². The van der Waals surface area contributed by atoms with Gasteiger partial charge in [-0.3, -0.25) is 0 Å². The summed E-state index contributed by atoms with van der Waals surface area (Å²) in [7, 11) is 3.96. The van der Waals surface area contributed by atoms with E-state index in [1.165, 1.54) is 24.0 Å². The van der Waals surface area contributed by atoms with Crippen molar-refractivity contribution in [2.45, 2.75) is 32.2 Å². The lowest BCUT2D eigenvalue weighted by Crippen LogP contribution is -2.24. The van der Waals surface area contributed by atoms with Crippen LogP contribution in [0.1, 0.15) is 29.5 Å². The molecule has 0 unspecified atom stereocenters. The Balaban J connectivity index is 1.74. The Morgan fingerprint density at radius 2 is 2.04 bits per heavy atom. The minimum atomic E-state index is 0.447. The molecule has 0 bridgehead atoms. The molecule has 1 aliphatic carbocycles. The average Bonchev–Trinajstić information content (AvgIpc) is 2.60. The van der Waals surface area contributed by atoms with Crippen molar-refractivity contribution in [2.24, 2.45) is 10.7 Å². The van der Waals surface area contributed by atoms with Gasteiger partial charge in [0.05, 0.1) is 6.54 Å². The zero-order valence-electron chi connectivity index (χ0n) is 14.4. The van der Waals surface area contributed by atoms with Crippen LogP contribution in [0, 0.1) is 0 Å². The molecule has 0 amide bonds. The Morgan fingerprint density at radius 1 is 1.21 bits per heavy atom. The first kappa shape index (κ1) is 16.3. The van der Waals surface area contributed by atoms with Gasteiger partial charge in [0.25, 0.3) is 0 Å². The smallest absolute Gasteiger partial charge is 0.193 e. The summed E-state index contributed by atoms with van der Waals surface area (Å²) in [4.78, 5) is 10.9. The summed E-state index contributed by atoms with van der Waals surface area (Å²) in [5, 5.41) is 3.28. The third-order valence-corrected chi connectivity index (χ3v) is 4.37. The van der Waals surface area contributed by atoms with Gasteiger partial charge in [0.1, 0.15) is 5.82 Å². The van der Waals surface area contributed by atoms with Gasteiger partial charge in [0, 0.05) is 31.5 Å². The van der Waals surface area contributed by atoms with E-state index in [9.17, 15) is 0 Å². The summed E-state index contributed by atoms with van der Waals surface area (Å²) in [6, 6.07) is 10.3. The molecule has 24 heavy (non-hydrogen) atoms. The minimum absolute atomic E-state index is 0.447. The monoisotopic (exact) mass is 323 g/mol. The zero-order valence-corrected chi connectivity index (χ0v) is 14.4. The lowest BCUT2D eigenvalue weighted by atomic mass is 9.90. The van der Waals surface area contributed by atoms with Gasteiger partial charge in [-0.25, -0.2) is 9.98 Å². The predicted octanol–water partition coefficient (Wildman–Crippen LogP) is 2.95. The molecular weight excluding hydrogens is 298 g/mol. The molecule has 1 aromatic heterocycles. The molecule has 0 spiro atoms. The van der Waals surface area contributed by atoms with Crippen molar-refractivity contribution in [1.29, 1.82) is 0 Å². The van der Waals surface area contributed by atoms with E-state index in [1.54, 1.807) is 6.20 Å². The molecule has 0 atom stereocenters. The van der Waals surface area contributed by atoms with Crippen LogP contribution in [0.2, 0.25) is 0 Å². The first-order valence-corrected chi connectivity index (χ1v) is 8.44. The summed E-state index contributed by atoms with van der Waals surface area (Å²) in [5.41, 5.74) is 11.1. The standard InChI is InChI=1S/C19H25N5/c1-24(2)18-15(9-6-12-21-18)13-22-19(20)23-17-11-5-8-14-7-3-4-10-16(14)17/h5-6,8-9,11-12H,3-4,7,10,13H2,1-2H3,(H3,20,22,23). The molecule has 0 saturated carbocycles. The SMILES string of the molecule is CN(C)c1ncccc1CN=C(N)Nc1cccc2c1CCCC2. The molecule has 0 aliphatic heterocycles. The molecule has 0 radical (unpaired) electrons. The fourth-order valence-electron chi connectivity index (χ4n) is 3.20. The summed E-state index contributed by atoms with van der Waals surface area (Å²) in [5.74, 6) is 1.37. The number of hydrogen-bond donors (Lipinski definition) is 2. The van der Waals surface area contributed by atoms with Gasteiger partial charge in [0.15, 0.2) is 5.96 Å². The first-order chi connectivity index (χ1) is 11.6. The molecule has 126 valence electrons. The van der Waals surface area contributed by atoms with Gasteiger partial charge in [-0.05, 0) is 48.9 Å². The van der Waals surface area contributed by atoms with Crippen LogP contribution in [0.25, 0.3) is 0 Å². The number of anilines is 2. The van der Waals surface area contributed by atoms with Gasteiger partial charge >= 0.3 is 0 Å². The van der Waals surface area contributed by atoms with E-state index in [0.717, 1.165) is 29.9 Å². The second kappa shape index (κ2) is 7.34. The average molecular weight is 323 g/mol. The summed E-state index contributed by atoms with van der Waals surface area (Å²) in [6.45, 7) is 0.509. The van der Waals surface area contributed by atoms with Crippen molar-refractivity contribution >= 4 is 17.5 Å². The fraction of sp³-hybridized carbons (Fsp3) is 0.368. The number of guanidine groups is 1. The second-order valence-electron chi connectivity index (χ2n) is 6.36. The molecule has 5 heteroatoms. The summed E-state index contributed by atoms with van der Waals surface area (Å²) >= 11 is 0. The number of aliphatic imine (C=N–C) groups is 1. The van der Waals surface area contributed by atoms with Gasteiger partial charge in [-0.1, -0.05) is 18.2 Å². The van der Waals surface area contributed by atoms with E-state index in [2.05, 4.69) is 33.5 Å². The quantitative estimate of drug-likeness (QED) is 0.670. The van der Waals surface area contributed by atoms with Crippen molar-refractivity contribution in [3.8, 4) is 0 Å². The normalized spacial score (nSPS) is 14.2. The van der Waals surface area contributed by atoms with Crippen LogP contribution in [0.4, 0.5) is 11.5 Å². The maximum Gasteiger partial charge on any atom is 0.193 e. The third-order valence-electron chi connectivity index (χ3n) is 4.37. The lowest BCUT2D eigenvalue weighted by molar-refractivity contribution is 0.687. The van der Waals surface area contributed by atoms with Crippen molar-refractivity contribution in [3.63, 3.8) is 0 Å². The maximum absolute atomic E-state index is 6.12. The van der Waals surface area contributed by atoms with Crippen LogP contribution in [0.5, 0.6) is 0 Å². The first-order valence-electron chi connectivity index (χ1n) is 8.44. The van der Waals surface area contributed by atoms with Crippen molar-refractivity contribution in [3.05, 3.63) is 53.2 Å². The number of nitrogens with two attached hydrogens (primary N) is 1. The fourth-order valence-corrected chi connectivity index (χ4v) is 3.20. The number of nitrogens with one attached hydrogen (secondary N) is 1. The van der Waals surface area contributed by atoms with Crippen LogP contribution < -0.4 is 16.0 Å². The number of benzene rings is 1. The molecule has 1 aliphatic rings. The number of fused-ring (bicyclic) bond motifs is 1. The highest BCUT2D eigenvalue weighted by Crippen LogP contribution is 2.27. The Labute approximate surface area is 143 Å². The third kappa shape index (κ3) is 3.67. The molecule has 0 fully saturated rings. The van der Waals surface area contributed by atoms with Crippen LogP contribution in [-0.4, -0.2) is 25.0 Å². The van der Waals surface area contributed by atoms with Gasteiger partial charge in [-0.2, -0.15) is 0 Å². The number of rotatable bonds is 4. The highest BCUT2D eigenvalue weighted by molar-refractivity contribution is 5.93. The van der Waals surface area contributed by atoms with Crippen LogP contribution in [-0.2, 0) is 19.4 Å². The maximum atomic E-state index is 6.12. The minimum Gasteiger partial charge on any atom is -0.370 e. The van der Waals surface area contributed by atoms with Crippen LogP contribution in [0.15, 0.2) is 41.5 Å². The number of aromatic nitrogens is 1. The number of hydrogen-bond acceptors (Lipinski definition) is 3. The topological polar surface area (TPSA) is 66.5 Å². The molecule has 2 aromatic rings. The predicted molar refractivity (Wildman–Crippen MR) is 101 cm³/mol. The molecule has 1 aromatic carbocycles. The number of nitrogens with zero attached hydrogens (tertiary/aromatic N) is 3. The van der Waals surface area contributed by atoms with E-state index in [4.69, 9.17) is 5.73 Å². The molecule has 3 N–H and O–H groups in total. The second-order valence-corrected chi connectivity index (χ2v) is 6.36. The van der Waals surface area contributed by atoms with Gasteiger partial charge < -0.3 is 16.0 Å². The highest BCUT2D eigenvalue weighted by atomic mass is 15.1. The lowest BCUT2D eigenvalue weighted by Gasteiger charge is -2.20. The summed E-state index contributed by atoms with van der Waals surface area (Å²) < 4.78 is 0. The van der Waals surface area contributed by atoms with E-state index in [0.29, 0.717) is 12.5 Å². The van der Waals surface area contributed by atoms with Crippen molar-refractivity contribution in [2.75, 3.05) is 24.3 Å². The Kier molecular flexibility index (Phi) is 4.99. The summed E-state index contributed by atoms with van der Waals surface area (Å²) in [6.07, 6.45) is 6.57. The number of pyridine rings is 1. The Bertz CT molecular complexity index is 736. The van der Waals surface area contributed by atoms with E-state index >= 15 is 0 Å². The van der Waals surface area contributed by atoms with Crippen LogP contribution in [0.3, 0.4) is 0 Å². The zero-order chi connectivity index (χ0) is 16.9. The Morgan fingerprint density at radius 3 is 2.88 bits per heavy atom. The molecular formula is C19H25N5. The molecule has 0 saturated heterocycles. The highest BCUT2D eigenvalue weighted by Gasteiger charge is 2.13.